The van der Waals surface area contributed by atoms with Crippen LogP contribution >= 0.6 is 0 Å². The van der Waals surface area contributed by atoms with Crippen molar-refractivity contribution in [3.63, 3.8) is 0 Å². The summed E-state index contributed by atoms with van der Waals surface area (Å²) in [5.74, 6) is -0.171. The molecule has 2 rings (SSSR count). The molecule has 0 unspecified atom stereocenters. The standard InChI is InChI=1S/C16H18O2/c1-16(2,3)15(17)18-11-13-9-6-8-12-7-4-5-10-14(12)13/h4-10H,11H2,1-3H3. The maximum absolute atomic E-state index is 11.8. The van der Waals surface area contributed by atoms with Gasteiger partial charge in [0.15, 0.2) is 0 Å². The number of hydrogen-bond acceptors (Lipinski definition) is 2. The minimum absolute atomic E-state index is 0.171. The third kappa shape index (κ3) is 2.70. The average molecular weight is 242 g/mol. The second-order valence-electron chi connectivity index (χ2n) is 5.46. The Bertz CT molecular complexity index is 559. The molecule has 0 amide bonds. The van der Waals surface area contributed by atoms with Gasteiger partial charge in [0.2, 0.25) is 0 Å². The van der Waals surface area contributed by atoms with Crippen molar-refractivity contribution in [1.29, 1.82) is 0 Å². The van der Waals surface area contributed by atoms with Gasteiger partial charge < -0.3 is 4.74 Å². The van der Waals surface area contributed by atoms with Crippen molar-refractivity contribution in [2.24, 2.45) is 5.41 Å². The summed E-state index contributed by atoms with van der Waals surface area (Å²) in [5, 5.41) is 2.31. The predicted octanol–water partition coefficient (Wildman–Crippen LogP) is 3.93. The van der Waals surface area contributed by atoms with E-state index < -0.39 is 5.41 Å². The summed E-state index contributed by atoms with van der Waals surface area (Å²) < 4.78 is 5.36. The lowest BCUT2D eigenvalue weighted by Gasteiger charge is -2.17. The first kappa shape index (κ1) is 12.6. The van der Waals surface area contributed by atoms with E-state index in [9.17, 15) is 4.79 Å². The topological polar surface area (TPSA) is 26.3 Å². The lowest BCUT2D eigenvalue weighted by Crippen LogP contribution is -2.22. The van der Waals surface area contributed by atoms with Crippen molar-refractivity contribution in [3.05, 3.63) is 48.0 Å². The van der Waals surface area contributed by atoms with Gasteiger partial charge in [-0.1, -0.05) is 42.5 Å². The molecule has 2 aromatic rings. The first-order valence-electron chi connectivity index (χ1n) is 6.12. The Morgan fingerprint density at radius 2 is 1.72 bits per heavy atom. The highest BCUT2D eigenvalue weighted by Crippen LogP contribution is 2.21. The number of esters is 1. The molecule has 18 heavy (non-hydrogen) atoms. The Balaban J connectivity index is 2.20. The average Bonchev–Trinajstić information content (AvgIpc) is 2.34. The van der Waals surface area contributed by atoms with Gasteiger partial charge in [-0.2, -0.15) is 0 Å². The highest BCUT2D eigenvalue weighted by Gasteiger charge is 2.23. The quantitative estimate of drug-likeness (QED) is 0.746. The second-order valence-corrected chi connectivity index (χ2v) is 5.46. The number of ether oxygens (including phenoxy) is 1. The molecule has 0 heterocycles. The minimum atomic E-state index is -0.454. The van der Waals surface area contributed by atoms with Crippen LogP contribution in [0.3, 0.4) is 0 Å². The zero-order valence-electron chi connectivity index (χ0n) is 11.1. The fraction of sp³-hybridized carbons (Fsp3) is 0.312. The summed E-state index contributed by atoms with van der Waals surface area (Å²) in [4.78, 5) is 11.8. The molecule has 0 saturated heterocycles. The van der Waals surface area contributed by atoms with Gasteiger partial charge in [-0.15, -0.1) is 0 Å². The Morgan fingerprint density at radius 1 is 1.06 bits per heavy atom. The molecular formula is C16H18O2. The van der Waals surface area contributed by atoms with Crippen LogP contribution in [0.4, 0.5) is 0 Å². The third-order valence-corrected chi connectivity index (χ3v) is 2.85. The molecule has 0 aliphatic carbocycles. The molecule has 0 spiro atoms. The van der Waals surface area contributed by atoms with Crippen LogP contribution in [0, 0.1) is 5.41 Å². The van der Waals surface area contributed by atoms with Crippen molar-refractivity contribution in [2.45, 2.75) is 27.4 Å². The molecule has 0 aromatic heterocycles. The van der Waals surface area contributed by atoms with E-state index in [1.807, 2.05) is 45.0 Å². The van der Waals surface area contributed by atoms with E-state index in [4.69, 9.17) is 4.74 Å². The number of fused-ring (bicyclic) bond motifs is 1. The van der Waals surface area contributed by atoms with Crippen molar-refractivity contribution in [2.75, 3.05) is 0 Å². The maximum atomic E-state index is 11.8. The Morgan fingerprint density at radius 3 is 2.44 bits per heavy atom. The highest BCUT2D eigenvalue weighted by atomic mass is 16.5. The maximum Gasteiger partial charge on any atom is 0.311 e. The molecule has 0 saturated carbocycles. The molecular weight excluding hydrogens is 224 g/mol. The van der Waals surface area contributed by atoms with Crippen molar-refractivity contribution >= 4 is 16.7 Å². The van der Waals surface area contributed by atoms with E-state index in [0.717, 1.165) is 10.9 Å². The lowest BCUT2D eigenvalue weighted by molar-refractivity contribution is -0.154. The molecule has 2 aromatic carbocycles. The van der Waals surface area contributed by atoms with E-state index in [-0.39, 0.29) is 5.97 Å². The summed E-state index contributed by atoms with van der Waals surface area (Å²) in [6.07, 6.45) is 0. The SMILES string of the molecule is CC(C)(C)C(=O)OCc1cccc2ccccc12. The van der Waals surface area contributed by atoms with E-state index in [1.54, 1.807) is 0 Å². The highest BCUT2D eigenvalue weighted by molar-refractivity contribution is 5.85. The van der Waals surface area contributed by atoms with Crippen molar-refractivity contribution in [1.82, 2.24) is 0 Å². The van der Waals surface area contributed by atoms with Crippen LogP contribution in [0.5, 0.6) is 0 Å². The Labute approximate surface area is 108 Å². The van der Waals surface area contributed by atoms with Crippen LogP contribution in [0.2, 0.25) is 0 Å². The number of benzene rings is 2. The molecule has 0 atom stereocenters. The molecule has 0 aliphatic rings. The molecule has 94 valence electrons. The molecule has 0 radical (unpaired) electrons. The van der Waals surface area contributed by atoms with Gasteiger partial charge in [0.05, 0.1) is 5.41 Å². The summed E-state index contributed by atoms with van der Waals surface area (Å²) in [6.45, 7) is 5.91. The van der Waals surface area contributed by atoms with Gasteiger partial charge in [0, 0.05) is 0 Å². The van der Waals surface area contributed by atoms with Gasteiger partial charge >= 0.3 is 5.97 Å². The van der Waals surface area contributed by atoms with Crippen LogP contribution in [-0.4, -0.2) is 5.97 Å². The first-order chi connectivity index (χ1) is 8.48. The van der Waals surface area contributed by atoms with Gasteiger partial charge in [-0.25, -0.2) is 0 Å². The fourth-order valence-corrected chi connectivity index (χ4v) is 1.78. The van der Waals surface area contributed by atoms with Crippen LogP contribution in [0.25, 0.3) is 10.8 Å². The molecule has 0 N–H and O–H groups in total. The van der Waals surface area contributed by atoms with Crippen molar-refractivity contribution in [3.8, 4) is 0 Å². The van der Waals surface area contributed by atoms with E-state index in [1.165, 1.54) is 5.39 Å². The summed E-state index contributed by atoms with van der Waals surface area (Å²) in [7, 11) is 0. The summed E-state index contributed by atoms with van der Waals surface area (Å²) in [5.41, 5.74) is 0.593. The third-order valence-electron chi connectivity index (χ3n) is 2.85. The Hall–Kier alpha value is -1.83. The van der Waals surface area contributed by atoms with E-state index in [0.29, 0.717) is 6.61 Å². The van der Waals surface area contributed by atoms with Gasteiger partial charge in [0.25, 0.3) is 0 Å². The number of hydrogen-bond donors (Lipinski definition) is 0. The zero-order valence-corrected chi connectivity index (χ0v) is 11.1. The van der Waals surface area contributed by atoms with Crippen LogP contribution in [-0.2, 0) is 16.1 Å². The van der Waals surface area contributed by atoms with Crippen molar-refractivity contribution < 1.29 is 9.53 Å². The van der Waals surface area contributed by atoms with Crippen LogP contribution in [0.1, 0.15) is 26.3 Å². The molecule has 0 fully saturated rings. The first-order valence-corrected chi connectivity index (χ1v) is 6.12. The molecule has 0 aliphatic heterocycles. The van der Waals surface area contributed by atoms with E-state index in [2.05, 4.69) is 18.2 Å². The fourth-order valence-electron chi connectivity index (χ4n) is 1.78. The second kappa shape index (κ2) is 4.81. The smallest absolute Gasteiger partial charge is 0.311 e. The number of carbonyl (C=O) groups excluding carboxylic acids is 1. The summed E-state index contributed by atoms with van der Waals surface area (Å²) in [6, 6.07) is 14.2. The summed E-state index contributed by atoms with van der Waals surface area (Å²) >= 11 is 0. The monoisotopic (exact) mass is 242 g/mol. The molecule has 0 bridgehead atoms. The lowest BCUT2D eigenvalue weighted by atomic mass is 9.97. The zero-order chi connectivity index (χ0) is 13.2. The minimum Gasteiger partial charge on any atom is -0.460 e. The van der Waals surface area contributed by atoms with Gasteiger partial charge in [-0.05, 0) is 37.1 Å². The van der Waals surface area contributed by atoms with Crippen LogP contribution < -0.4 is 0 Å². The van der Waals surface area contributed by atoms with E-state index >= 15 is 0 Å². The normalized spacial score (nSPS) is 11.5. The predicted molar refractivity (Wildman–Crippen MR) is 73.2 cm³/mol. The largest absolute Gasteiger partial charge is 0.460 e. The Kier molecular flexibility index (Phi) is 3.37. The molecule has 2 heteroatoms. The number of rotatable bonds is 2. The molecule has 2 nitrogen and oxygen atoms in total. The van der Waals surface area contributed by atoms with Gasteiger partial charge in [-0.3, -0.25) is 4.79 Å². The van der Waals surface area contributed by atoms with Crippen LogP contribution in [0.15, 0.2) is 42.5 Å². The van der Waals surface area contributed by atoms with Gasteiger partial charge in [0.1, 0.15) is 6.61 Å². The number of carbonyl (C=O) groups is 1.